The van der Waals surface area contributed by atoms with E-state index in [4.69, 9.17) is 13.9 Å². The molecule has 1 rings (SSSR count). The molecular weight excluding hydrogens is 420 g/mol. The van der Waals surface area contributed by atoms with Gasteiger partial charge in [0, 0.05) is 13.0 Å². The fraction of sp³-hybridized carbons (Fsp3) is 0.769. The highest BCUT2D eigenvalue weighted by Gasteiger charge is 2.38. The van der Waals surface area contributed by atoms with Gasteiger partial charge in [-0.3, -0.25) is 4.79 Å². The molecule has 0 bridgehead atoms. The van der Waals surface area contributed by atoms with Crippen molar-refractivity contribution in [1.29, 1.82) is 0 Å². The van der Waals surface area contributed by atoms with E-state index < -0.39 is 26.4 Å². The molecule has 0 aromatic heterocycles. The van der Waals surface area contributed by atoms with Gasteiger partial charge in [0.05, 0.1) is 6.61 Å². The SMILES string of the molecule is CC(=O)OC[C@H](CO[Si](C)(C)C(C)(C)C)OC(=O)/C=C(\C)CCC1=C(C)CCCC1(C)C. The fourth-order valence-corrected chi connectivity index (χ4v) is 4.90. The second kappa shape index (κ2) is 11.6. The van der Waals surface area contributed by atoms with Gasteiger partial charge in [0.1, 0.15) is 6.61 Å². The van der Waals surface area contributed by atoms with Crippen molar-refractivity contribution < 1.29 is 23.5 Å². The smallest absolute Gasteiger partial charge is 0.331 e. The lowest BCUT2D eigenvalue weighted by Gasteiger charge is -2.37. The van der Waals surface area contributed by atoms with Crippen LogP contribution in [-0.2, 0) is 23.5 Å². The summed E-state index contributed by atoms with van der Waals surface area (Å²) in [5, 5.41) is 0.0409. The average Bonchev–Trinajstić information content (AvgIpc) is 2.61. The van der Waals surface area contributed by atoms with E-state index in [9.17, 15) is 9.59 Å². The molecule has 0 N–H and O–H groups in total. The summed E-state index contributed by atoms with van der Waals surface area (Å²) in [5.74, 6) is -0.809. The van der Waals surface area contributed by atoms with Crippen LogP contribution in [0.5, 0.6) is 0 Å². The van der Waals surface area contributed by atoms with Crippen molar-refractivity contribution in [2.24, 2.45) is 5.41 Å². The molecule has 0 amide bonds. The Morgan fingerprint density at radius 2 is 1.78 bits per heavy atom. The molecule has 1 aliphatic carbocycles. The first kappa shape index (κ1) is 28.6. The van der Waals surface area contributed by atoms with Crippen molar-refractivity contribution in [3.05, 3.63) is 22.8 Å². The van der Waals surface area contributed by atoms with Crippen LogP contribution >= 0.6 is 0 Å². The minimum Gasteiger partial charge on any atom is -0.462 e. The molecule has 0 heterocycles. The molecule has 0 unspecified atom stereocenters. The van der Waals surface area contributed by atoms with E-state index in [0.717, 1.165) is 18.4 Å². The molecule has 1 aliphatic rings. The van der Waals surface area contributed by atoms with Crippen LogP contribution in [0.4, 0.5) is 0 Å². The Balaban J connectivity index is 2.75. The number of hydrogen-bond acceptors (Lipinski definition) is 5. The third kappa shape index (κ3) is 9.22. The number of esters is 2. The van der Waals surface area contributed by atoms with Crippen LogP contribution in [0.1, 0.15) is 87.5 Å². The zero-order chi connectivity index (χ0) is 24.7. The normalized spacial score (nSPS) is 18.4. The van der Waals surface area contributed by atoms with E-state index in [1.165, 1.54) is 37.3 Å². The molecule has 1 atom stereocenters. The number of carbonyl (C=O) groups is 2. The van der Waals surface area contributed by atoms with Crippen LogP contribution in [-0.4, -0.2) is 39.6 Å². The van der Waals surface area contributed by atoms with Gasteiger partial charge in [-0.1, -0.05) is 51.3 Å². The molecule has 0 spiro atoms. The molecule has 6 heteroatoms. The van der Waals surface area contributed by atoms with Gasteiger partial charge in [0.2, 0.25) is 0 Å². The summed E-state index contributed by atoms with van der Waals surface area (Å²) in [4.78, 5) is 23.9. The average molecular weight is 467 g/mol. The predicted octanol–water partition coefficient (Wildman–Crippen LogP) is 6.74. The van der Waals surface area contributed by atoms with Crippen molar-refractivity contribution in [2.75, 3.05) is 13.2 Å². The van der Waals surface area contributed by atoms with Gasteiger partial charge in [-0.2, -0.15) is 0 Å². The quantitative estimate of drug-likeness (QED) is 0.154. The van der Waals surface area contributed by atoms with Gasteiger partial charge in [0.25, 0.3) is 0 Å². The van der Waals surface area contributed by atoms with Gasteiger partial charge < -0.3 is 13.9 Å². The van der Waals surface area contributed by atoms with E-state index in [0.29, 0.717) is 0 Å². The second-order valence-corrected chi connectivity index (χ2v) is 16.2. The predicted molar refractivity (Wildman–Crippen MR) is 133 cm³/mol. The lowest BCUT2D eigenvalue weighted by atomic mass is 9.71. The summed E-state index contributed by atoms with van der Waals surface area (Å²) in [6.07, 6.45) is 6.40. The van der Waals surface area contributed by atoms with Gasteiger partial charge in [-0.15, -0.1) is 0 Å². The first-order valence-electron chi connectivity index (χ1n) is 11.9. The van der Waals surface area contributed by atoms with E-state index in [1.54, 1.807) is 6.08 Å². The topological polar surface area (TPSA) is 61.8 Å². The molecule has 32 heavy (non-hydrogen) atoms. The summed E-state index contributed by atoms with van der Waals surface area (Å²) in [6.45, 7) is 21.2. The lowest BCUT2D eigenvalue weighted by molar-refractivity contribution is -0.156. The zero-order valence-electron chi connectivity index (χ0n) is 22.1. The van der Waals surface area contributed by atoms with Crippen molar-refractivity contribution in [1.82, 2.24) is 0 Å². The molecule has 0 saturated heterocycles. The largest absolute Gasteiger partial charge is 0.462 e. The third-order valence-corrected chi connectivity index (χ3v) is 11.5. The molecule has 0 saturated carbocycles. The van der Waals surface area contributed by atoms with E-state index in [2.05, 4.69) is 54.6 Å². The number of hydrogen-bond donors (Lipinski definition) is 0. The van der Waals surface area contributed by atoms with E-state index >= 15 is 0 Å². The maximum Gasteiger partial charge on any atom is 0.331 e. The monoisotopic (exact) mass is 466 g/mol. The van der Waals surface area contributed by atoms with Crippen LogP contribution in [0.2, 0.25) is 18.1 Å². The zero-order valence-corrected chi connectivity index (χ0v) is 23.1. The van der Waals surface area contributed by atoms with Gasteiger partial charge >= 0.3 is 11.9 Å². The van der Waals surface area contributed by atoms with Crippen LogP contribution in [0, 0.1) is 5.41 Å². The van der Waals surface area contributed by atoms with Crippen LogP contribution in [0.25, 0.3) is 0 Å². The molecule has 0 aliphatic heterocycles. The molecule has 0 radical (unpaired) electrons. The summed E-state index contributed by atoms with van der Waals surface area (Å²) in [5.41, 5.74) is 4.26. The number of allylic oxidation sites excluding steroid dienone is 3. The number of ether oxygens (including phenoxy) is 2. The Labute approximate surface area is 197 Å². The Bertz CT molecular complexity index is 725. The number of carbonyl (C=O) groups excluding carboxylic acids is 2. The maximum atomic E-state index is 12.6. The molecule has 0 aromatic rings. The summed E-state index contributed by atoms with van der Waals surface area (Å²) in [6, 6.07) is 0. The van der Waals surface area contributed by atoms with Gasteiger partial charge in [-0.25, -0.2) is 4.79 Å². The minimum absolute atomic E-state index is 0.00283. The molecule has 0 fully saturated rings. The highest BCUT2D eigenvalue weighted by molar-refractivity contribution is 6.74. The van der Waals surface area contributed by atoms with Crippen LogP contribution in [0.15, 0.2) is 22.8 Å². The van der Waals surface area contributed by atoms with Crippen molar-refractivity contribution in [3.8, 4) is 0 Å². The maximum absolute atomic E-state index is 12.6. The highest BCUT2D eigenvalue weighted by Crippen LogP contribution is 2.42. The van der Waals surface area contributed by atoms with Crippen molar-refractivity contribution in [3.63, 3.8) is 0 Å². The second-order valence-electron chi connectivity index (χ2n) is 11.4. The van der Waals surface area contributed by atoms with Crippen LogP contribution in [0.3, 0.4) is 0 Å². The summed E-state index contributed by atoms with van der Waals surface area (Å²) in [7, 11) is -2.01. The summed E-state index contributed by atoms with van der Waals surface area (Å²) < 4.78 is 16.9. The van der Waals surface area contributed by atoms with Gasteiger partial charge in [-0.05, 0) is 69.5 Å². The Hall–Kier alpha value is -1.40. The Kier molecular flexibility index (Phi) is 10.4. The first-order valence-corrected chi connectivity index (χ1v) is 14.8. The molecule has 0 aromatic carbocycles. The third-order valence-electron chi connectivity index (χ3n) is 7.01. The van der Waals surface area contributed by atoms with Crippen molar-refractivity contribution in [2.45, 2.75) is 112 Å². The van der Waals surface area contributed by atoms with Crippen molar-refractivity contribution >= 4 is 20.3 Å². The summed E-state index contributed by atoms with van der Waals surface area (Å²) >= 11 is 0. The van der Waals surface area contributed by atoms with E-state index in [1.807, 2.05) is 6.92 Å². The minimum atomic E-state index is -2.01. The van der Waals surface area contributed by atoms with Crippen LogP contribution < -0.4 is 0 Å². The lowest BCUT2D eigenvalue weighted by Crippen LogP contribution is -2.44. The van der Waals surface area contributed by atoms with Gasteiger partial charge in [0.15, 0.2) is 14.4 Å². The number of rotatable bonds is 10. The molecular formula is C26H46O5Si. The van der Waals surface area contributed by atoms with E-state index in [-0.39, 0.29) is 23.7 Å². The highest BCUT2D eigenvalue weighted by atomic mass is 28.4. The Morgan fingerprint density at radius 1 is 1.16 bits per heavy atom. The fourth-order valence-electron chi connectivity index (χ4n) is 3.86. The first-order chi connectivity index (χ1) is 14.5. The Morgan fingerprint density at radius 3 is 2.31 bits per heavy atom. The standard InChI is InChI=1S/C26H46O5Si/c1-19(13-14-23-20(2)12-11-15-26(23,7)8)16-24(28)31-22(17-29-21(3)27)18-30-32(9,10)25(4,5)6/h16,22H,11-15,17-18H2,1-10H3/b19-16+/t22-/m1/s1. The molecule has 184 valence electrons. The molecule has 5 nitrogen and oxygen atoms in total.